The predicted molar refractivity (Wildman–Crippen MR) is 127 cm³/mol. The largest absolute Gasteiger partial charge is 0.387 e. The van der Waals surface area contributed by atoms with Crippen LogP contribution in [0.25, 0.3) is 11.3 Å². The number of carbonyl (C=O) groups excluding carboxylic acids is 1. The van der Waals surface area contributed by atoms with E-state index in [4.69, 9.17) is 11.0 Å². The molecule has 0 saturated carbocycles. The molecule has 2 aromatic carbocycles. The first-order valence-electron chi connectivity index (χ1n) is 11.0. The molecule has 8 heteroatoms. The molecule has 0 bridgehead atoms. The van der Waals surface area contributed by atoms with Crippen molar-refractivity contribution < 1.29 is 13.6 Å². The number of halogens is 2. The van der Waals surface area contributed by atoms with Crippen LogP contribution in [0.1, 0.15) is 42.0 Å². The SMILES string of the molecule is CCc1ccc(/C(C(=O)NCCC(CCN)NC)=C(/NC)c2ccc(C#N)c(F)c2)cc1F. The Bertz CT molecular complexity index is 1050. The number of benzene rings is 2. The molecule has 0 spiro atoms. The summed E-state index contributed by atoms with van der Waals surface area (Å²) in [5.74, 6) is -1.54. The zero-order valence-corrected chi connectivity index (χ0v) is 19.3. The zero-order valence-electron chi connectivity index (χ0n) is 19.3. The highest BCUT2D eigenvalue weighted by Crippen LogP contribution is 2.27. The number of nitrogens with zero attached hydrogens (tertiary/aromatic N) is 1. The second kappa shape index (κ2) is 12.7. The molecule has 0 aromatic heterocycles. The summed E-state index contributed by atoms with van der Waals surface area (Å²) in [6, 6.07) is 10.7. The maximum atomic E-state index is 14.6. The monoisotopic (exact) mass is 455 g/mol. The fourth-order valence-corrected chi connectivity index (χ4v) is 3.64. The quantitative estimate of drug-likeness (QED) is 0.308. The maximum absolute atomic E-state index is 14.6. The molecule has 1 amide bonds. The molecule has 0 saturated heterocycles. The molecular formula is C25H31F2N5O. The van der Waals surface area contributed by atoms with Crippen LogP contribution in [0.5, 0.6) is 0 Å². The van der Waals surface area contributed by atoms with Crippen molar-refractivity contribution in [3.05, 3.63) is 70.3 Å². The highest BCUT2D eigenvalue weighted by Gasteiger charge is 2.21. The summed E-state index contributed by atoms with van der Waals surface area (Å²) in [7, 11) is 3.44. The minimum Gasteiger partial charge on any atom is -0.387 e. The lowest BCUT2D eigenvalue weighted by molar-refractivity contribution is -0.115. The Kier molecular flexibility index (Phi) is 9.98. The van der Waals surface area contributed by atoms with Gasteiger partial charge in [0.15, 0.2) is 0 Å². The first kappa shape index (κ1) is 26.0. The number of rotatable bonds is 11. The molecule has 33 heavy (non-hydrogen) atoms. The van der Waals surface area contributed by atoms with E-state index in [1.807, 2.05) is 14.0 Å². The van der Waals surface area contributed by atoms with Crippen LogP contribution in [0.4, 0.5) is 8.78 Å². The third-order valence-corrected chi connectivity index (χ3v) is 5.53. The lowest BCUT2D eigenvalue weighted by Crippen LogP contribution is -2.34. The predicted octanol–water partition coefficient (Wildman–Crippen LogP) is 2.93. The van der Waals surface area contributed by atoms with Crippen molar-refractivity contribution in [2.24, 2.45) is 5.73 Å². The normalized spacial score (nSPS) is 12.5. The van der Waals surface area contributed by atoms with Gasteiger partial charge in [0, 0.05) is 25.2 Å². The minimum atomic E-state index is -0.700. The Labute approximate surface area is 193 Å². The molecular weight excluding hydrogens is 424 g/mol. The minimum absolute atomic E-state index is 0.100. The number of nitrogens with two attached hydrogens (primary N) is 1. The van der Waals surface area contributed by atoms with Crippen LogP contribution in [0.15, 0.2) is 36.4 Å². The summed E-state index contributed by atoms with van der Waals surface area (Å²) in [6.45, 7) is 2.75. The Balaban J connectivity index is 2.51. The van der Waals surface area contributed by atoms with E-state index in [0.29, 0.717) is 48.3 Å². The second-order valence-electron chi connectivity index (χ2n) is 7.57. The number of hydrogen-bond donors (Lipinski definition) is 4. The first-order chi connectivity index (χ1) is 15.9. The lowest BCUT2D eigenvalue weighted by atomic mass is 9.96. The molecule has 2 rings (SSSR count). The molecule has 0 radical (unpaired) electrons. The van der Waals surface area contributed by atoms with E-state index in [9.17, 15) is 13.6 Å². The summed E-state index contributed by atoms with van der Waals surface area (Å²) in [5.41, 5.74) is 7.30. The number of aryl methyl sites for hydroxylation is 1. The Hall–Kier alpha value is -3.28. The van der Waals surface area contributed by atoms with Gasteiger partial charge in [0.1, 0.15) is 17.7 Å². The molecule has 0 heterocycles. The van der Waals surface area contributed by atoms with E-state index < -0.39 is 17.5 Å². The maximum Gasteiger partial charge on any atom is 0.254 e. The summed E-state index contributed by atoms with van der Waals surface area (Å²) < 4.78 is 28.9. The second-order valence-corrected chi connectivity index (χ2v) is 7.57. The van der Waals surface area contributed by atoms with Crippen LogP contribution in [0.3, 0.4) is 0 Å². The summed E-state index contributed by atoms with van der Waals surface area (Å²) in [6.07, 6.45) is 1.95. The molecule has 0 aliphatic carbocycles. The molecule has 6 nitrogen and oxygen atoms in total. The average molecular weight is 456 g/mol. The van der Waals surface area contributed by atoms with Crippen LogP contribution >= 0.6 is 0 Å². The van der Waals surface area contributed by atoms with Crippen molar-refractivity contribution in [2.45, 2.75) is 32.2 Å². The van der Waals surface area contributed by atoms with E-state index in [0.717, 1.165) is 6.42 Å². The van der Waals surface area contributed by atoms with Crippen LogP contribution in [0.2, 0.25) is 0 Å². The molecule has 176 valence electrons. The van der Waals surface area contributed by atoms with Gasteiger partial charge in [-0.25, -0.2) is 8.78 Å². The van der Waals surface area contributed by atoms with Crippen molar-refractivity contribution >= 4 is 17.2 Å². The van der Waals surface area contributed by atoms with E-state index in [-0.39, 0.29) is 17.2 Å². The van der Waals surface area contributed by atoms with Gasteiger partial charge < -0.3 is 21.7 Å². The van der Waals surface area contributed by atoms with Crippen molar-refractivity contribution in [1.29, 1.82) is 5.26 Å². The lowest BCUT2D eigenvalue weighted by Gasteiger charge is -2.19. The van der Waals surface area contributed by atoms with Gasteiger partial charge in [0.2, 0.25) is 0 Å². The van der Waals surface area contributed by atoms with Gasteiger partial charge in [-0.05, 0) is 62.2 Å². The summed E-state index contributed by atoms with van der Waals surface area (Å²) in [5, 5.41) is 18.0. The van der Waals surface area contributed by atoms with E-state index in [1.165, 1.54) is 18.2 Å². The summed E-state index contributed by atoms with van der Waals surface area (Å²) in [4.78, 5) is 13.3. The van der Waals surface area contributed by atoms with E-state index in [1.54, 1.807) is 31.3 Å². The zero-order chi connectivity index (χ0) is 24.4. The molecule has 0 aliphatic heterocycles. The van der Waals surface area contributed by atoms with Crippen LogP contribution in [-0.4, -0.2) is 39.1 Å². The van der Waals surface area contributed by atoms with Crippen molar-refractivity contribution in [3.63, 3.8) is 0 Å². The van der Waals surface area contributed by atoms with Crippen molar-refractivity contribution in [1.82, 2.24) is 16.0 Å². The highest BCUT2D eigenvalue weighted by molar-refractivity contribution is 6.26. The fourth-order valence-electron chi connectivity index (χ4n) is 3.64. The van der Waals surface area contributed by atoms with Gasteiger partial charge in [-0.15, -0.1) is 0 Å². The van der Waals surface area contributed by atoms with Crippen molar-refractivity contribution in [3.8, 4) is 6.07 Å². The standard InChI is InChI=1S/C25H31F2N5O/c1-4-16-5-6-17(13-21(16)26)23(25(33)32-12-10-20(30-2)9-11-28)24(31-3)18-7-8-19(15-29)22(27)14-18/h5-8,13-14,20,30-31H,4,9-12,28H2,1-3H3,(H,32,33)/b24-23-. The molecule has 1 atom stereocenters. The van der Waals surface area contributed by atoms with Crippen molar-refractivity contribution in [2.75, 3.05) is 27.2 Å². The summed E-state index contributed by atoms with van der Waals surface area (Å²) >= 11 is 0. The number of carbonyl (C=O) groups is 1. The molecule has 0 fully saturated rings. The average Bonchev–Trinajstić information content (AvgIpc) is 2.81. The van der Waals surface area contributed by atoms with Crippen LogP contribution < -0.4 is 21.7 Å². The van der Waals surface area contributed by atoms with Crippen LogP contribution in [0, 0.1) is 23.0 Å². The molecule has 5 N–H and O–H groups in total. The third kappa shape index (κ3) is 6.60. The fraction of sp³-hybridized carbons (Fsp3) is 0.360. The number of nitriles is 1. The third-order valence-electron chi connectivity index (χ3n) is 5.53. The first-order valence-corrected chi connectivity index (χ1v) is 11.0. The molecule has 0 aliphatic rings. The number of amides is 1. The molecule has 2 aromatic rings. The topological polar surface area (TPSA) is 103 Å². The van der Waals surface area contributed by atoms with E-state index >= 15 is 0 Å². The number of hydrogen-bond acceptors (Lipinski definition) is 5. The van der Waals surface area contributed by atoms with Gasteiger partial charge in [-0.3, -0.25) is 4.79 Å². The van der Waals surface area contributed by atoms with Gasteiger partial charge in [-0.1, -0.05) is 25.1 Å². The molecule has 1 unspecified atom stereocenters. The van der Waals surface area contributed by atoms with Crippen LogP contribution in [-0.2, 0) is 11.2 Å². The number of nitrogens with one attached hydrogen (secondary N) is 3. The van der Waals surface area contributed by atoms with Gasteiger partial charge >= 0.3 is 0 Å². The Morgan fingerprint density at radius 2 is 1.79 bits per heavy atom. The van der Waals surface area contributed by atoms with Gasteiger partial charge in [0.25, 0.3) is 5.91 Å². The van der Waals surface area contributed by atoms with E-state index in [2.05, 4.69) is 16.0 Å². The van der Waals surface area contributed by atoms with Gasteiger partial charge in [-0.2, -0.15) is 5.26 Å². The van der Waals surface area contributed by atoms with Gasteiger partial charge in [0.05, 0.1) is 16.8 Å². The highest BCUT2D eigenvalue weighted by atomic mass is 19.1. The Morgan fingerprint density at radius 3 is 2.33 bits per heavy atom. The Morgan fingerprint density at radius 1 is 1.09 bits per heavy atom. The smallest absolute Gasteiger partial charge is 0.254 e.